The molecule has 0 aliphatic carbocycles. The van der Waals surface area contributed by atoms with E-state index in [2.05, 4.69) is 10.6 Å². The van der Waals surface area contributed by atoms with Gasteiger partial charge in [0.1, 0.15) is 24.4 Å². The molecule has 2 rings (SSSR count). The van der Waals surface area contributed by atoms with Gasteiger partial charge in [-0.3, -0.25) is 28.5 Å². The molecule has 0 saturated heterocycles. The molecule has 0 fully saturated rings. The fourth-order valence-corrected chi connectivity index (χ4v) is 3.29. The molecule has 10 nitrogen and oxygen atoms in total. The number of halogens is 1. The van der Waals surface area contributed by atoms with E-state index < -0.39 is 60.4 Å². The molecule has 1 heterocycles. The highest BCUT2D eigenvalue weighted by Crippen LogP contribution is 2.18. The van der Waals surface area contributed by atoms with E-state index in [1.807, 2.05) is 6.07 Å². The molecule has 0 bridgehead atoms. The predicted molar refractivity (Wildman–Crippen MR) is 125 cm³/mol. The van der Waals surface area contributed by atoms with E-state index in [1.54, 1.807) is 31.2 Å². The van der Waals surface area contributed by atoms with Gasteiger partial charge in [-0.2, -0.15) is 0 Å². The highest BCUT2D eigenvalue weighted by molar-refractivity contribution is 5.94. The Morgan fingerprint density at radius 1 is 1.11 bits per heavy atom. The first kappa shape index (κ1) is 27.4. The van der Waals surface area contributed by atoms with Crippen LogP contribution in [0.2, 0.25) is 0 Å². The molecule has 0 aliphatic heterocycles. The Bertz CT molecular complexity index is 1100. The molecule has 0 radical (unpaired) electrons. The molecule has 35 heavy (non-hydrogen) atoms. The van der Waals surface area contributed by atoms with Crippen molar-refractivity contribution in [1.82, 2.24) is 9.88 Å². The monoisotopic (exact) mass is 489 g/mol. The number of alkyl halides is 1. The summed E-state index contributed by atoms with van der Waals surface area (Å²) in [5.74, 6) is -3.86. The van der Waals surface area contributed by atoms with Crippen molar-refractivity contribution in [3.8, 4) is 0 Å². The number of ketones is 1. The van der Waals surface area contributed by atoms with Crippen LogP contribution in [0, 0.1) is 0 Å². The van der Waals surface area contributed by atoms with Crippen LogP contribution in [-0.4, -0.2) is 52.1 Å². The van der Waals surface area contributed by atoms with Gasteiger partial charge in [0.05, 0.1) is 19.1 Å². The van der Waals surface area contributed by atoms with Gasteiger partial charge in [-0.1, -0.05) is 37.3 Å². The van der Waals surface area contributed by atoms with Gasteiger partial charge in [-0.15, -0.1) is 0 Å². The third-order valence-corrected chi connectivity index (χ3v) is 5.15. The number of benzene rings is 1. The van der Waals surface area contributed by atoms with Crippen LogP contribution in [0.4, 0.5) is 10.1 Å². The second-order valence-electron chi connectivity index (χ2n) is 7.74. The summed E-state index contributed by atoms with van der Waals surface area (Å²) in [7, 11) is 0. The minimum Gasteiger partial charge on any atom is -0.481 e. The van der Waals surface area contributed by atoms with Crippen molar-refractivity contribution >= 4 is 29.3 Å². The lowest BCUT2D eigenvalue weighted by atomic mass is 10.1. The van der Waals surface area contributed by atoms with E-state index in [1.165, 1.54) is 25.3 Å². The Balaban J connectivity index is 2.42. The fourth-order valence-electron chi connectivity index (χ4n) is 3.29. The fraction of sp³-hybridized carbons (Fsp3) is 0.375. The van der Waals surface area contributed by atoms with Gasteiger partial charge in [-0.25, -0.2) is 4.39 Å². The Hall–Kier alpha value is -3.86. The lowest BCUT2D eigenvalue weighted by molar-refractivity contribution is -0.141. The summed E-state index contributed by atoms with van der Waals surface area (Å²) < 4.78 is 19.8. The number of pyridine rings is 1. The molecule has 1 aromatic heterocycles. The molecule has 0 saturated carbocycles. The van der Waals surface area contributed by atoms with Gasteiger partial charge in [-0.05, 0) is 24.6 Å². The van der Waals surface area contributed by atoms with E-state index >= 15 is 0 Å². The van der Waals surface area contributed by atoms with E-state index in [0.717, 1.165) is 10.1 Å². The quantitative estimate of drug-likeness (QED) is 0.389. The molecule has 11 heteroatoms. The molecule has 2 amide bonds. The van der Waals surface area contributed by atoms with Gasteiger partial charge >= 0.3 is 5.97 Å². The maximum absolute atomic E-state index is 13.2. The van der Waals surface area contributed by atoms with Crippen LogP contribution < -0.4 is 16.2 Å². The van der Waals surface area contributed by atoms with Gasteiger partial charge < -0.3 is 20.5 Å². The van der Waals surface area contributed by atoms with E-state index in [4.69, 9.17) is 9.84 Å². The van der Waals surface area contributed by atoms with E-state index in [0.29, 0.717) is 0 Å². The smallest absolute Gasteiger partial charge is 0.305 e. The third kappa shape index (κ3) is 7.85. The Labute approximate surface area is 201 Å². The van der Waals surface area contributed by atoms with Crippen molar-refractivity contribution in [3.63, 3.8) is 0 Å². The standard InChI is InChI=1S/C24H28FN3O7/c1-3-20(30)26-17-10-7-11-28(24(17)34)22(15(2)35-14-16-8-5-4-6-9-16)23(33)27-18(12-21(31)32)19(29)13-25/h4-11,15,18,22H,3,12-14H2,1-2H3,(H,26,30)(H,27,33)(H,31,32)/t15-,18?,22-/m0/s1. The van der Waals surface area contributed by atoms with Crippen molar-refractivity contribution in [1.29, 1.82) is 0 Å². The molecule has 0 spiro atoms. The first-order valence-corrected chi connectivity index (χ1v) is 10.9. The highest BCUT2D eigenvalue weighted by Gasteiger charge is 2.33. The molecular formula is C24H28FN3O7. The number of carbonyl (C=O) groups is 4. The van der Waals surface area contributed by atoms with Crippen LogP contribution in [-0.2, 0) is 30.5 Å². The first-order chi connectivity index (χ1) is 16.7. The van der Waals surface area contributed by atoms with Gasteiger partial charge in [0, 0.05) is 12.6 Å². The highest BCUT2D eigenvalue weighted by atomic mass is 19.1. The number of aromatic nitrogens is 1. The molecule has 2 aromatic rings. The minimum atomic E-state index is -1.63. The van der Waals surface area contributed by atoms with Crippen LogP contribution in [0.15, 0.2) is 53.5 Å². The van der Waals surface area contributed by atoms with Crippen LogP contribution in [0.1, 0.15) is 38.3 Å². The maximum atomic E-state index is 13.2. The predicted octanol–water partition coefficient (Wildman–Crippen LogP) is 1.84. The number of anilines is 1. The molecule has 3 atom stereocenters. The number of ether oxygens (including phenoxy) is 1. The molecule has 188 valence electrons. The average Bonchev–Trinajstić information content (AvgIpc) is 2.84. The van der Waals surface area contributed by atoms with Gasteiger partial charge in [0.25, 0.3) is 5.56 Å². The Morgan fingerprint density at radius 2 is 1.80 bits per heavy atom. The normalized spacial score (nSPS) is 13.3. The summed E-state index contributed by atoms with van der Waals surface area (Å²) in [6.45, 7) is 1.76. The average molecular weight is 490 g/mol. The van der Waals surface area contributed by atoms with Crippen LogP contribution in [0.25, 0.3) is 0 Å². The Morgan fingerprint density at radius 3 is 2.40 bits per heavy atom. The molecular weight excluding hydrogens is 461 g/mol. The van der Waals surface area contributed by atoms with Crippen molar-refractivity contribution in [2.45, 2.75) is 51.5 Å². The van der Waals surface area contributed by atoms with Gasteiger partial charge in [0.15, 0.2) is 5.78 Å². The lowest BCUT2D eigenvalue weighted by Gasteiger charge is -2.27. The zero-order chi connectivity index (χ0) is 26.0. The lowest BCUT2D eigenvalue weighted by Crippen LogP contribution is -2.50. The summed E-state index contributed by atoms with van der Waals surface area (Å²) in [5.41, 5.74) is 0.0109. The summed E-state index contributed by atoms with van der Waals surface area (Å²) in [4.78, 5) is 61.2. The molecule has 3 N–H and O–H groups in total. The number of nitrogens with one attached hydrogen (secondary N) is 2. The van der Waals surface area contributed by atoms with Crippen LogP contribution >= 0.6 is 0 Å². The number of carboxylic acid groups (broad SMARTS) is 1. The molecule has 1 unspecified atom stereocenters. The number of nitrogens with zero attached hydrogens (tertiary/aromatic N) is 1. The van der Waals surface area contributed by atoms with E-state index in [-0.39, 0.29) is 18.7 Å². The van der Waals surface area contributed by atoms with E-state index in [9.17, 15) is 28.4 Å². The van der Waals surface area contributed by atoms with Crippen molar-refractivity contribution in [2.75, 3.05) is 12.0 Å². The summed E-state index contributed by atoms with van der Waals surface area (Å²) in [5, 5.41) is 13.8. The number of aliphatic carboxylic acids is 1. The number of amides is 2. The molecule has 0 aliphatic rings. The summed E-state index contributed by atoms with van der Waals surface area (Å²) >= 11 is 0. The van der Waals surface area contributed by atoms with Crippen LogP contribution in [0.3, 0.4) is 0 Å². The van der Waals surface area contributed by atoms with Crippen molar-refractivity contribution in [2.24, 2.45) is 0 Å². The van der Waals surface area contributed by atoms with Crippen LogP contribution in [0.5, 0.6) is 0 Å². The summed E-state index contributed by atoms with van der Waals surface area (Å²) in [6.07, 6.45) is -0.352. The topological polar surface area (TPSA) is 144 Å². The second-order valence-corrected chi connectivity index (χ2v) is 7.74. The first-order valence-electron chi connectivity index (χ1n) is 10.9. The SMILES string of the molecule is CCC(=O)Nc1cccn([C@H](C(=O)NC(CC(=O)O)C(=O)CF)[C@H](C)OCc2ccccc2)c1=O. The second kappa shape index (κ2) is 13.1. The zero-order valence-corrected chi connectivity index (χ0v) is 19.4. The number of hydrogen-bond donors (Lipinski definition) is 3. The van der Waals surface area contributed by atoms with Crippen molar-refractivity contribution < 1.29 is 33.4 Å². The number of carboxylic acids is 1. The summed E-state index contributed by atoms with van der Waals surface area (Å²) in [6, 6.07) is 8.85. The number of rotatable bonds is 13. The largest absolute Gasteiger partial charge is 0.481 e. The van der Waals surface area contributed by atoms with Crippen molar-refractivity contribution in [3.05, 3.63) is 64.6 Å². The number of Topliss-reactive ketones (excluding diaryl/α,β-unsaturated/α-hetero) is 1. The third-order valence-electron chi connectivity index (χ3n) is 5.15. The molecule has 1 aromatic carbocycles. The zero-order valence-electron chi connectivity index (χ0n) is 19.4. The Kier molecular flexibility index (Phi) is 10.3. The minimum absolute atomic E-state index is 0.0747. The maximum Gasteiger partial charge on any atom is 0.305 e. The van der Waals surface area contributed by atoms with Gasteiger partial charge in [0.2, 0.25) is 11.8 Å². The number of hydrogen-bond acceptors (Lipinski definition) is 6. The number of carbonyl (C=O) groups excluding carboxylic acids is 3.